The number of esters is 1. The minimum atomic E-state index is -1.87. The molecule has 5 N–H and O–H groups in total. The van der Waals surface area contributed by atoms with Crippen molar-refractivity contribution in [1.82, 2.24) is 14.7 Å². The second kappa shape index (κ2) is 19.6. The summed E-state index contributed by atoms with van der Waals surface area (Å²) in [6.45, 7) is 16.3. The zero-order chi connectivity index (χ0) is 42.8. The maximum atomic E-state index is 14.5. The summed E-state index contributed by atoms with van der Waals surface area (Å²) < 4.78 is 38.0. The van der Waals surface area contributed by atoms with Gasteiger partial charge in [0.25, 0.3) is 0 Å². The van der Waals surface area contributed by atoms with E-state index in [4.69, 9.17) is 28.4 Å². The Kier molecular flexibility index (Phi) is 17.2. The van der Waals surface area contributed by atoms with Crippen molar-refractivity contribution in [2.45, 2.75) is 178 Å². The third-order valence-electron chi connectivity index (χ3n) is 13.0. The van der Waals surface area contributed by atoms with Gasteiger partial charge in [0, 0.05) is 44.0 Å². The molecule has 0 saturated carbocycles. The lowest BCUT2D eigenvalue weighted by Crippen LogP contribution is -2.64. The third-order valence-corrected chi connectivity index (χ3v) is 13.0. The van der Waals surface area contributed by atoms with E-state index in [9.17, 15) is 30.3 Å². The molecular formula is C41H79N3O12. The molecule has 3 aliphatic rings. The zero-order valence-electron chi connectivity index (χ0n) is 37.2. The van der Waals surface area contributed by atoms with Crippen LogP contribution >= 0.6 is 0 Å². The molecule has 3 rings (SSSR count). The summed E-state index contributed by atoms with van der Waals surface area (Å²) in [5.41, 5.74) is -4.53. The Morgan fingerprint density at radius 3 is 1.96 bits per heavy atom. The van der Waals surface area contributed by atoms with Gasteiger partial charge in [-0.2, -0.15) is 0 Å². The Balaban J connectivity index is 2.27. The molecule has 15 nitrogen and oxygen atoms in total. The lowest BCUT2D eigenvalue weighted by Gasteiger charge is -2.50. The largest absolute Gasteiger partial charge is 0.459 e. The predicted molar refractivity (Wildman–Crippen MR) is 212 cm³/mol. The molecule has 3 aliphatic heterocycles. The van der Waals surface area contributed by atoms with Crippen molar-refractivity contribution in [2.24, 2.45) is 23.7 Å². The van der Waals surface area contributed by atoms with Crippen LogP contribution in [0.15, 0.2) is 0 Å². The first-order chi connectivity index (χ1) is 25.8. The summed E-state index contributed by atoms with van der Waals surface area (Å²) in [7, 11) is 12.7. The Morgan fingerprint density at radius 2 is 1.45 bits per heavy atom. The van der Waals surface area contributed by atoms with Crippen molar-refractivity contribution < 1.29 is 58.7 Å². The molecule has 0 spiro atoms. The van der Waals surface area contributed by atoms with Crippen LogP contribution in [0.4, 0.5) is 0 Å². The molecule has 0 aromatic rings. The molecule has 15 heteroatoms. The SMILES string of the molecule is CC[C@H]1OC(=O)[C@H](C)[C@@H](O[C@H]2C[C@@](C)(OC)[C@@H](O)[C@H](C)O2)[C@H](C)[C@@H](O[C@@H]2O[C@H](C)C[C@H](N(C)C)[C@H]2O)[C@@](C)(O)C[C@@H](C)[C@@H](N(C)C)[C@H](C)[C@@H](O)[C@@]1(O)CN(C)C. The van der Waals surface area contributed by atoms with Gasteiger partial charge in [-0.25, -0.2) is 0 Å². The van der Waals surface area contributed by atoms with E-state index in [1.165, 1.54) is 7.11 Å². The number of rotatable bonds is 10. The number of hydrogen-bond acceptors (Lipinski definition) is 15. The monoisotopic (exact) mass is 806 g/mol. The second-order valence-electron chi connectivity index (χ2n) is 18.7. The highest BCUT2D eigenvalue weighted by molar-refractivity contribution is 5.73. The topological polar surface area (TPSA) is 183 Å². The predicted octanol–water partition coefficient (Wildman–Crippen LogP) is 1.69. The molecule has 0 aromatic heterocycles. The number of aliphatic hydroxyl groups is 5. The number of hydrogen-bond donors (Lipinski definition) is 5. The van der Waals surface area contributed by atoms with E-state index in [0.29, 0.717) is 6.42 Å². The van der Waals surface area contributed by atoms with E-state index in [1.54, 1.807) is 53.6 Å². The number of methoxy groups -OCH3 is 1. The molecule has 0 amide bonds. The van der Waals surface area contributed by atoms with Gasteiger partial charge in [-0.1, -0.05) is 27.7 Å². The van der Waals surface area contributed by atoms with Gasteiger partial charge < -0.3 is 68.7 Å². The summed E-state index contributed by atoms with van der Waals surface area (Å²) in [4.78, 5) is 20.2. The van der Waals surface area contributed by atoms with Gasteiger partial charge in [-0.15, -0.1) is 0 Å². The number of ether oxygens (including phenoxy) is 6. The fourth-order valence-corrected chi connectivity index (χ4v) is 10.1. The summed E-state index contributed by atoms with van der Waals surface area (Å²) >= 11 is 0. The normalized spacial score (nSPS) is 47.9. The highest BCUT2D eigenvalue weighted by Gasteiger charge is 2.55. The van der Waals surface area contributed by atoms with E-state index < -0.39 is 95.8 Å². The number of nitrogens with zero attached hydrogens (tertiary/aromatic N) is 3. The number of aliphatic hydroxyl groups excluding tert-OH is 3. The van der Waals surface area contributed by atoms with Crippen molar-refractivity contribution in [3.8, 4) is 0 Å². The van der Waals surface area contributed by atoms with Gasteiger partial charge in [0.1, 0.15) is 23.9 Å². The van der Waals surface area contributed by atoms with E-state index in [1.807, 2.05) is 65.7 Å². The average Bonchev–Trinajstić information content (AvgIpc) is 3.09. The highest BCUT2D eigenvalue weighted by Crippen LogP contribution is 2.42. The van der Waals surface area contributed by atoms with Crippen LogP contribution in [0.5, 0.6) is 0 Å². The second-order valence-corrected chi connectivity index (χ2v) is 18.7. The summed E-state index contributed by atoms with van der Waals surface area (Å²) in [5.74, 6) is -3.32. The quantitative estimate of drug-likeness (QED) is 0.201. The molecule has 0 aliphatic carbocycles. The van der Waals surface area contributed by atoms with Crippen LogP contribution < -0.4 is 0 Å². The first-order valence-corrected chi connectivity index (χ1v) is 20.6. The molecular weight excluding hydrogens is 726 g/mol. The molecule has 0 unspecified atom stereocenters. The maximum absolute atomic E-state index is 14.5. The fourth-order valence-electron chi connectivity index (χ4n) is 10.1. The van der Waals surface area contributed by atoms with Gasteiger partial charge in [0.05, 0.1) is 47.6 Å². The van der Waals surface area contributed by atoms with Crippen LogP contribution in [0.3, 0.4) is 0 Å². The van der Waals surface area contributed by atoms with Crippen LogP contribution in [0.2, 0.25) is 0 Å². The van der Waals surface area contributed by atoms with Crippen molar-refractivity contribution in [3.05, 3.63) is 0 Å². The van der Waals surface area contributed by atoms with Crippen LogP contribution in [0.25, 0.3) is 0 Å². The first-order valence-electron chi connectivity index (χ1n) is 20.6. The highest BCUT2D eigenvalue weighted by atomic mass is 16.7. The van der Waals surface area contributed by atoms with E-state index >= 15 is 0 Å². The summed E-state index contributed by atoms with van der Waals surface area (Å²) in [5, 5.41) is 60.1. The van der Waals surface area contributed by atoms with Gasteiger partial charge in [0.2, 0.25) is 0 Å². The van der Waals surface area contributed by atoms with Crippen LogP contribution in [0.1, 0.15) is 88.0 Å². The van der Waals surface area contributed by atoms with Crippen molar-refractivity contribution in [1.29, 1.82) is 0 Å². The molecule has 3 heterocycles. The molecule has 3 fully saturated rings. The number of likely N-dealkylation sites (N-methyl/N-ethyl adjacent to an activating group) is 2. The third kappa shape index (κ3) is 10.8. The number of carbonyl (C=O) groups excluding carboxylic acids is 1. The van der Waals surface area contributed by atoms with Gasteiger partial charge in [-0.05, 0) is 102 Å². The lowest BCUT2D eigenvalue weighted by atomic mass is 9.71. The molecule has 0 bridgehead atoms. The summed E-state index contributed by atoms with van der Waals surface area (Å²) in [6.07, 6.45) is -8.54. The molecule has 19 atom stereocenters. The van der Waals surface area contributed by atoms with Crippen molar-refractivity contribution in [2.75, 3.05) is 55.9 Å². The Bertz CT molecular complexity index is 1240. The average molecular weight is 806 g/mol. The maximum Gasteiger partial charge on any atom is 0.311 e. The van der Waals surface area contributed by atoms with E-state index in [-0.39, 0.29) is 49.9 Å². The van der Waals surface area contributed by atoms with E-state index in [0.717, 1.165) is 0 Å². The minimum absolute atomic E-state index is 0.0129. The van der Waals surface area contributed by atoms with Crippen molar-refractivity contribution in [3.63, 3.8) is 0 Å². The van der Waals surface area contributed by atoms with Crippen LogP contribution in [-0.2, 0) is 33.2 Å². The Morgan fingerprint density at radius 1 is 0.839 bits per heavy atom. The van der Waals surface area contributed by atoms with Gasteiger partial charge in [0.15, 0.2) is 12.6 Å². The van der Waals surface area contributed by atoms with Gasteiger partial charge >= 0.3 is 5.97 Å². The molecule has 3 saturated heterocycles. The molecule has 56 heavy (non-hydrogen) atoms. The molecule has 0 radical (unpaired) electrons. The smallest absolute Gasteiger partial charge is 0.311 e. The lowest BCUT2D eigenvalue weighted by molar-refractivity contribution is -0.318. The Labute approximate surface area is 336 Å². The standard InChI is InChI=1S/C41H79N3O12/c1-17-29-41(50,21-42(10)11)34(46)24(4)31(44(14)15)22(2)19-39(8,49)36(56-38-32(45)28(43(12)13)18-23(3)52-38)25(5)33(26(6)37(48)54-29)55-30-20-40(9,51-16)35(47)27(7)53-30/h22-36,38,45-47,49-50H,17-21H2,1-16H3/t22-,23-,24+,25+,26-,27+,28+,29-,30+,31-,32-,33+,34-,35+,36-,38+,39+,40-,41-/m1/s1. The molecule has 0 aromatic carbocycles. The van der Waals surface area contributed by atoms with Crippen LogP contribution in [-0.4, -0.2) is 192 Å². The van der Waals surface area contributed by atoms with Crippen molar-refractivity contribution >= 4 is 5.97 Å². The minimum Gasteiger partial charge on any atom is -0.459 e. The van der Waals surface area contributed by atoms with E-state index in [2.05, 4.69) is 0 Å². The van der Waals surface area contributed by atoms with Crippen LogP contribution in [0, 0.1) is 23.7 Å². The number of cyclic esters (lactones) is 1. The first kappa shape index (κ1) is 49.3. The molecule has 330 valence electrons. The fraction of sp³-hybridized carbons (Fsp3) is 0.976. The Hall–Kier alpha value is -1.05. The number of carbonyl (C=O) groups is 1. The zero-order valence-corrected chi connectivity index (χ0v) is 37.2. The van der Waals surface area contributed by atoms with Gasteiger partial charge in [-0.3, -0.25) is 4.79 Å². The summed E-state index contributed by atoms with van der Waals surface area (Å²) in [6, 6.07) is -0.654.